The molecule has 1 aromatic carbocycles. The quantitative estimate of drug-likeness (QED) is 0.813. The predicted molar refractivity (Wildman–Crippen MR) is 75.0 cm³/mol. The van der Waals surface area contributed by atoms with Crippen LogP contribution < -0.4 is 11.3 Å². The molecule has 0 amide bonds. The molecule has 6 nitrogen and oxygen atoms in total. The summed E-state index contributed by atoms with van der Waals surface area (Å²) in [5, 5.41) is 0. The highest BCUT2D eigenvalue weighted by Crippen LogP contribution is 2.15. The van der Waals surface area contributed by atoms with E-state index >= 15 is 0 Å². The molecular formula is C14H15N3O3. The Balaban J connectivity index is 2.35. The summed E-state index contributed by atoms with van der Waals surface area (Å²) in [6.45, 7) is 1.95. The first-order valence-electron chi connectivity index (χ1n) is 6.21. The third-order valence-corrected chi connectivity index (χ3v) is 2.72. The molecule has 0 atom stereocenters. The standard InChI is InChI=1S/C14H15N3O3/c1-2-20-11(18)8-10-12(15)16-13(17-14(10)19)9-6-4-3-5-7-9/h3-7H,2,8H2,1H3,(H3,15,16,17,19). The minimum absolute atomic E-state index is 0.0423. The molecule has 0 saturated carbocycles. The fourth-order valence-electron chi connectivity index (χ4n) is 1.78. The summed E-state index contributed by atoms with van der Waals surface area (Å²) in [7, 11) is 0. The number of rotatable bonds is 4. The van der Waals surface area contributed by atoms with Crippen molar-refractivity contribution in [3.8, 4) is 11.4 Å². The number of ether oxygens (including phenoxy) is 1. The lowest BCUT2D eigenvalue weighted by atomic mass is 10.2. The lowest BCUT2D eigenvalue weighted by molar-refractivity contribution is -0.142. The SMILES string of the molecule is CCOC(=O)Cc1c(N)nc(-c2ccccc2)[nH]c1=O. The van der Waals surface area contributed by atoms with Crippen molar-refractivity contribution in [2.24, 2.45) is 0 Å². The largest absolute Gasteiger partial charge is 0.466 e. The average Bonchev–Trinajstić information content (AvgIpc) is 2.44. The monoisotopic (exact) mass is 273 g/mol. The molecule has 6 heteroatoms. The van der Waals surface area contributed by atoms with E-state index in [0.717, 1.165) is 5.56 Å². The smallest absolute Gasteiger partial charge is 0.310 e. The van der Waals surface area contributed by atoms with Crippen molar-refractivity contribution in [3.63, 3.8) is 0 Å². The normalized spacial score (nSPS) is 10.2. The number of benzene rings is 1. The molecule has 0 spiro atoms. The Morgan fingerprint density at radius 3 is 2.65 bits per heavy atom. The van der Waals surface area contributed by atoms with Gasteiger partial charge >= 0.3 is 5.97 Å². The van der Waals surface area contributed by atoms with Gasteiger partial charge in [-0.05, 0) is 6.92 Å². The van der Waals surface area contributed by atoms with Gasteiger partial charge in [-0.2, -0.15) is 0 Å². The maximum atomic E-state index is 12.0. The minimum atomic E-state index is -0.501. The molecule has 2 rings (SSSR count). The first kappa shape index (κ1) is 13.8. The Hall–Kier alpha value is -2.63. The Morgan fingerprint density at radius 2 is 2.05 bits per heavy atom. The van der Waals surface area contributed by atoms with Crippen LogP contribution in [0.2, 0.25) is 0 Å². The van der Waals surface area contributed by atoms with E-state index in [2.05, 4.69) is 9.97 Å². The Morgan fingerprint density at radius 1 is 1.35 bits per heavy atom. The molecule has 0 saturated heterocycles. The highest BCUT2D eigenvalue weighted by atomic mass is 16.5. The number of nitrogens with zero attached hydrogens (tertiary/aromatic N) is 1. The van der Waals surface area contributed by atoms with E-state index in [1.807, 2.05) is 30.3 Å². The fourth-order valence-corrected chi connectivity index (χ4v) is 1.78. The molecule has 1 heterocycles. The fraction of sp³-hybridized carbons (Fsp3) is 0.214. The molecule has 0 fully saturated rings. The van der Waals surface area contributed by atoms with Crippen molar-refractivity contribution in [2.45, 2.75) is 13.3 Å². The van der Waals surface area contributed by atoms with Crippen LogP contribution >= 0.6 is 0 Å². The van der Waals surface area contributed by atoms with Crippen LogP contribution in [0.4, 0.5) is 5.82 Å². The van der Waals surface area contributed by atoms with Crippen LogP contribution in [-0.4, -0.2) is 22.5 Å². The van der Waals surface area contributed by atoms with Crippen LogP contribution in [0.15, 0.2) is 35.1 Å². The second-order valence-electron chi connectivity index (χ2n) is 4.13. The molecule has 0 aliphatic carbocycles. The zero-order chi connectivity index (χ0) is 14.5. The van der Waals surface area contributed by atoms with Gasteiger partial charge in [0, 0.05) is 5.56 Å². The van der Waals surface area contributed by atoms with Gasteiger partial charge in [-0.15, -0.1) is 0 Å². The van der Waals surface area contributed by atoms with E-state index < -0.39 is 11.5 Å². The predicted octanol–water partition coefficient (Wildman–Crippen LogP) is 1.12. The number of carbonyl (C=O) groups is 1. The lowest BCUT2D eigenvalue weighted by Crippen LogP contribution is -2.22. The number of esters is 1. The van der Waals surface area contributed by atoms with Gasteiger partial charge in [0.1, 0.15) is 11.6 Å². The van der Waals surface area contributed by atoms with Crippen molar-refractivity contribution >= 4 is 11.8 Å². The number of nitrogens with one attached hydrogen (secondary N) is 1. The summed E-state index contributed by atoms with van der Waals surface area (Å²) in [4.78, 5) is 30.2. The number of nitrogens with two attached hydrogens (primary N) is 1. The van der Waals surface area contributed by atoms with E-state index in [-0.39, 0.29) is 24.4 Å². The summed E-state index contributed by atoms with van der Waals surface area (Å²) in [6, 6.07) is 9.14. The Labute approximate surface area is 115 Å². The van der Waals surface area contributed by atoms with Gasteiger partial charge < -0.3 is 15.5 Å². The van der Waals surface area contributed by atoms with Gasteiger partial charge in [0.2, 0.25) is 0 Å². The second kappa shape index (κ2) is 6.01. The highest BCUT2D eigenvalue weighted by molar-refractivity contribution is 5.74. The molecule has 0 bridgehead atoms. The molecule has 0 aliphatic heterocycles. The number of nitrogen functional groups attached to an aromatic ring is 1. The molecular weight excluding hydrogens is 258 g/mol. The number of H-pyrrole nitrogens is 1. The minimum Gasteiger partial charge on any atom is -0.466 e. The molecule has 3 N–H and O–H groups in total. The van der Waals surface area contributed by atoms with Crippen LogP contribution in [0, 0.1) is 0 Å². The molecule has 104 valence electrons. The zero-order valence-corrected chi connectivity index (χ0v) is 11.1. The summed E-state index contributed by atoms with van der Waals surface area (Å²) in [5.41, 5.74) is 6.22. The maximum absolute atomic E-state index is 12.0. The first-order chi connectivity index (χ1) is 9.61. The number of anilines is 1. The summed E-state index contributed by atoms with van der Waals surface area (Å²) in [6.07, 6.45) is -0.183. The first-order valence-corrected chi connectivity index (χ1v) is 6.21. The van der Waals surface area contributed by atoms with E-state index in [0.29, 0.717) is 5.82 Å². The molecule has 0 radical (unpaired) electrons. The average molecular weight is 273 g/mol. The van der Waals surface area contributed by atoms with Crippen molar-refractivity contribution < 1.29 is 9.53 Å². The second-order valence-corrected chi connectivity index (χ2v) is 4.13. The van der Waals surface area contributed by atoms with Crippen molar-refractivity contribution in [2.75, 3.05) is 12.3 Å². The number of aromatic nitrogens is 2. The highest BCUT2D eigenvalue weighted by Gasteiger charge is 2.14. The van der Waals surface area contributed by atoms with E-state index in [1.165, 1.54) is 0 Å². The van der Waals surface area contributed by atoms with E-state index in [9.17, 15) is 9.59 Å². The van der Waals surface area contributed by atoms with Gasteiger partial charge in [0.15, 0.2) is 0 Å². The number of hydrogen-bond acceptors (Lipinski definition) is 5. The zero-order valence-electron chi connectivity index (χ0n) is 11.1. The van der Waals surface area contributed by atoms with Crippen molar-refractivity contribution in [3.05, 3.63) is 46.2 Å². The van der Waals surface area contributed by atoms with Crippen LogP contribution in [0.25, 0.3) is 11.4 Å². The number of hydrogen-bond donors (Lipinski definition) is 2. The molecule has 0 aliphatic rings. The van der Waals surface area contributed by atoms with Gasteiger partial charge in [0.05, 0.1) is 18.6 Å². The number of aromatic amines is 1. The molecule has 1 aromatic heterocycles. The third-order valence-electron chi connectivity index (χ3n) is 2.72. The van der Waals surface area contributed by atoms with E-state index in [1.54, 1.807) is 6.92 Å². The Kier molecular flexibility index (Phi) is 4.14. The van der Waals surface area contributed by atoms with Crippen LogP contribution in [0.1, 0.15) is 12.5 Å². The lowest BCUT2D eigenvalue weighted by Gasteiger charge is -2.06. The summed E-state index contributed by atoms with van der Waals surface area (Å²) < 4.78 is 4.80. The number of carbonyl (C=O) groups excluding carboxylic acids is 1. The summed E-state index contributed by atoms with van der Waals surface area (Å²) >= 11 is 0. The van der Waals surface area contributed by atoms with Crippen molar-refractivity contribution in [1.29, 1.82) is 0 Å². The molecule has 2 aromatic rings. The maximum Gasteiger partial charge on any atom is 0.310 e. The van der Waals surface area contributed by atoms with Crippen LogP contribution in [-0.2, 0) is 16.0 Å². The van der Waals surface area contributed by atoms with Gasteiger partial charge in [-0.3, -0.25) is 9.59 Å². The third kappa shape index (κ3) is 3.03. The van der Waals surface area contributed by atoms with Crippen LogP contribution in [0.5, 0.6) is 0 Å². The molecule has 0 unspecified atom stereocenters. The van der Waals surface area contributed by atoms with Gasteiger partial charge in [-0.25, -0.2) is 4.98 Å². The topological polar surface area (TPSA) is 98.1 Å². The van der Waals surface area contributed by atoms with E-state index in [4.69, 9.17) is 10.5 Å². The van der Waals surface area contributed by atoms with Gasteiger partial charge in [0.25, 0.3) is 5.56 Å². The summed E-state index contributed by atoms with van der Waals surface area (Å²) in [5.74, 6) is -0.0830. The molecule has 20 heavy (non-hydrogen) atoms. The van der Waals surface area contributed by atoms with Gasteiger partial charge in [-0.1, -0.05) is 30.3 Å². The van der Waals surface area contributed by atoms with Crippen LogP contribution in [0.3, 0.4) is 0 Å². The Bertz CT molecular complexity index is 665. The van der Waals surface area contributed by atoms with Crippen molar-refractivity contribution in [1.82, 2.24) is 9.97 Å².